The molecule has 19 heavy (non-hydrogen) atoms. The topological polar surface area (TPSA) is 253 Å². The predicted octanol–water partition coefficient (Wildman–Crippen LogP) is -12.7. The third kappa shape index (κ3) is 54500. The smallest absolute Gasteiger partial charge is 0.672 e. The molecule has 96 valence electrons. The first kappa shape index (κ1) is 42.7. The molecule has 0 saturated heterocycles. The molecule has 0 fully saturated rings. The molecule has 0 aromatic rings. The Labute approximate surface area is 150 Å². The van der Waals surface area contributed by atoms with E-state index in [9.17, 15) is 0 Å². The molecule has 12 nitrogen and oxygen atoms in total. The maximum Gasteiger partial charge on any atom is 3.00 e. The Balaban J connectivity index is -0.0000000192. The van der Waals surface area contributed by atoms with Crippen LogP contribution in [0.2, 0.25) is 0 Å². The standard InChI is InChI=1S/2Al.Mg.4O3Si/c;;;4*1-4(2)3/q2*+3;+2;4*-2. The van der Waals surface area contributed by atoms with Crippen LogP contribution in [0.3, 0.4) is 0 Å². The van der Waals surface area contributed by atoms with Crippen molar-refractivity contribution in [1.29, 1.82) is 0 Å². The Kier molecular flexibility index (Phi) is 81.4. The average molecular weight is 383 g/mol. The molecule has 0 saturated carbocycles. The van der Waals surface area contributed by atoms with E-state index in [0.717, 1.165) is 0 Å². The summed E-state index contributed by atoms with van der Waals surface area (Å²) in [6.07, 6.45) is 0. The zero-order chi connectivity index (χ0) is 14.3. The van der Waals surface area contributed by atoms with Crippen LogP contribution >= 0.6 is 0 Å². The first-order chi connectivity index (χ1) is 6.93. The van der Waals surface area contributed by atoms with Crippen molar-refractivity contribution < 1.29 is 56.2 Å². The second kappa shape index (κ2) is 36.2. The van der Waals surface area contributed by atoms with Crippen LogP contribution in [0.5, 0.6) is 0 Å². The van der Waals surface area contributed by atoms with Crippen molar-refractivity contribution in [1.82, 2.24) is 0 Å². The summed E-state index contributed by atoms with van der Waals surface area (Å²) < 4.78 is 34.1. The number of rotatable bonds is 0. The molecular formula is Al2MgO12Si4. The van der Waals surface area contributed by atoms with Crippen molar-refractivity contribution in [3.8, 4) is 0 Å². The van der Waals surface area contributed by atoms with Crippen LogP contribution in [-0.4, -0.2) is 94.5 Å². The van der Waals surface area contributed by atoms with Crippen LogP contribution in [-0.2, 0) is 17.8 Å². The largest absolute Gasteiger partial charge is 3.00 e. The zero-order valence-electron chi connectivity index (χ0n) is 8.76. The van der Waals surface area contributed by atoms with Gasteiger partial charge in [0, 0.05) is 36.7 Å². The van der Waals surface area contributed by atoms with Gasteiger partial charge in [0.25, 0.3) is 0 Å². The Bertz CT molecular complexity index is 168. The fourth-order valence-electron chi connectivity index (χ4n) is 0. The Morgan fingerprint density at radius 1 is 0.421 bits per heavy atom. The van der Waals surface area contributed by atoms with Crippen molar-refractivity contribution in [2.75, 3.05) is 0 Å². The van der Waals surface area contributed by atoms with Gasteiger partial charge in [-0.1, -0.05) is 0 Å². The summed E-state index contributed by atoms with van der Waals surface area (Å²) >= 11 is 0. The fourth-order valence-corrected chi connectivity index (χ4v) is 0. The summed E-state index contributed by atoms with van der Waals surface area (Å²) in [5.74, 6) is 0. The van der Waals surface area contributed by atoms with Gasteiger partial charge in [-0.25, -0.2) is 0 Å². The van der Waals surface area contributed by atoms with Crippen LogP contribution in [0.15, 0.2) is 0 Å². The van der Waals surface area contributed by atoms with Gasteiger partial charge in [-0.2, -0.15) is 0 Å². The molecule has 0 N–H and O–H groups in total. The van der Waals surface area contributed by atoms with E-state index in [1.54, 1.807) is 0 Å². The number of hydrogen-bond donors (Lipinski definition) is 0. The van der Waals surface area contributed by atoms with Crippen molar-refractivity contribution >= 4 is 94.5 Å². The Morgan fingerprint density at radius 2 is 0.421 bits per heavy atom. The minimum Gasteiger partial charge on any atom is -0.672 e. The SMILES string of the molecule is O=[Si]([O-])[O-].O=[Si]([O-])[O-].O=[Si]([O-])[O-].O=[Si]([O-])[O-].[Al+3].[Al+3].[Mg+2]. The van der Waals surface area contributed by atoms with Gasteiger partial charge in [-0.3, -0.25) is 0 Å². The molecule has 0 amide bonds. The summed E-state index contributed by atoms with van der Waals surface area (Å²) in [4.78, 5) is 68.1. The molecule has 0 spiro atoms. The molecule has 0 aliphatic carbocycles. The van der Waals surface area contributed by atoms with Gasteiger partial charge >= 0.3 is 57.8 Å². The third-order valence-corrected chi connectivity index (χ3v) is 0. The van der Waals surface area contributed by atoms with Crippen molar-refractivity contribution in [2.45, 2.75) is 0 Å². The first-order valence-corrected chi connectivity index (χ1v) is 7.35. The van der Waals surface area contributed by atoms with E-state index in [0.29, 0.717) is 0 Å². The minimum absolute atomic E-state index is 0. The monoisotopic (exact) mass is 382 g/mol. The van der Waals surface area contributed by atoms with Crippen molar-refractivity contribution in [3.05, 3.63) is 0 Å². The summed E-state index contributed by atoms with van der Waals surface area (Å²) in [5.41, 5.74) is 0. The number of hydrogen-bond acceptors (Lipinski definition) is 12. The van der Waals surface area contributed by atoms with Crippen molar-refractivity contribution in [3.63, 3.8) is 0 Å². The van der Waals surface area contributed by atoms with E-state index < -0.39 is 36.7 Å². The molecule has 0 heterocycles. The minimum atomic E-state index is -3.63. The summed E-state index contributed by atoms with van der Waals surface area (Å²) in [6.45, 7) is 0. The van der Waals surface area contributed by atoms with Gasteiger partial charge in [-0.15, -0.1) is 0 Å². The van der Waals surface area contributed by atoms with Crippen LogP contribution in [0.1, 0.15) is 0 Å². The Morgan fingerprint density at radius 3 is 0.421 bits per heavy atom. The van der Waals surface area contributed by atoms with Gasteiger partial charge in [0.15, 0.2) is 0 Å². The predicted molar refractivity (Wildman–Crippen MR) is 43.0 cm³/mol. The quantitative estimate of drug-likeness (QED) is 0.353. The van der Waals surface area contributed by atoms with Gasteiger partial charge < -0.3 is 56.2 Å². The molecular weight excluding hydrogens is 383 g/mol. The van der Waals surface area contributed by atoms with Crippen LogP contribution in [0.4, 0.5) is 0 Å². The third-order valence-electron chi connectivity index (χ3n) is 0. The maximum atomic E-state index is 8.52. The van der Waals surface area contributed by atoms with Crippen molar-refractivity contribution in [2.24, 2.45) is 0 Å². The van der Waals surface area contributed by atoms with Gasteiger partial charge in [0.2, 0.25) is 0 Å². The first-order valence-electron chi connectivity index (χ1n) is 2.45. The van der Waals surface area contributed by atoms with E-state index >= 15 is 0 Å². The maximum absolute atomic E-state index is 8.52. The molecule has 0 bridgehead atoms. The molecule has 0 radical (unpaired) electrons. The van der Waals surface area contributed by atoms with E-state index in [1.807, 2.05) is 0 Å². The second-order valence-corrected chi connectivity index (χ2v) is 3.00. The molecule has 0 unspecified atom stereocenters. The van der Waals surface area contributed by atoms with E-state index in [4.69, 9.17) is 56.2 Å². The van der Waals surface area contributed by atoms with E-state index in [1.165, 1.54) is 0 Å². The van der Waals surface area contributed by atoms with Crippen LogP contribution < -0.4 is 38.4 Å². The average Bonchev–Trinajstić information content (AvgIpc) is 1.76. The molecule has 0 aromatic carbocycles. The molecule has 0 atom stereocenters. The van der Waals surface area contributed by atoms with E-state index in [-0.39, 0.29) is 57.8 Å². The molecule has 0 aliphatic heterocycles. The Hall–Kier alpha value is 0.299. The van der Waals surface area contributed by atoms with E-state index in [2.05, 4.69) is 0 Å². The molecule has 19 heteroatoms. The van der Waals surface area contributed by atoms with Gasteiger partial charge in [-0.05, 0) is 0 Å². The normalized spacial score (nSPS) is 5.05. The van der Waals surface area contributed by atoms with Gasteiger partial charge in [0.1, 0.15) is 0 Å². The molecule has 0 aromatic heterocycles. The summed E-state index contributed by atoms with van der Waals surface area (Å²) in [5, 5.41) is 0. The summed E-state index contributed by atoms with van der Waals surface area (Å²) in [7, 11) is -14.5. The summed E-state index contributed by atoms with van der Waals surface area (Å²) in [6, 6.07) is 0. The molecule has 0 rings (SSSR count). The van der Waals surface area contributed by atoms with Crippen LogP contribution in [0.25, 0.3) is 0 Å². The zero-order valence-corrected chi connectivity index (χ0v) is 16.5. The van der Waals surface area contributed by atoms with Gasteiger partial charge in [0.05, 0.1) is 0 Å². The second-order valence-electron chi connectivity index (χ2n) is 1.00. The molecule has 0 aliphatic rings. The fraction of sp³-hybridized carbons (Fsp3) is 0. The van der Waals surface area contributed by atoms with Crippen LogP contribution in [0, 0.1) is 0 Å².